The van der Waals surface area contributed by atoms with E-state index in [1.807, 2.05) is 0 Å². The van der Waals surface area contributed by atoms with Gasteiger partial charge in [-0.05, 0) is 30.3 Å². The Hall–Kier alpha value is -4.28. The van der Waals surface area contributed by atoms with Gasteiger partial charge in [-0.15, -0.1) is 5.06 Å². The number of ether oxygens (including phenoxy) is 4. The summed E-state index contributed by atoms with van der Waals surface area (Å²) < 4.78 is 22.9. The van der Waals surface area contributed by atoms with Gasteiger partial charge in [-0.3, -0.25) is 9.59 Å². The molecule has 1 saturated heterocycles. The molecule has 0 aromatic heterocycles. The molecule has 6 rings (SSSR count). The molecule has 39 heavy (non-hydrogen) atoms. The van der Waals surface area contributed by atoms with Crippen molar-refractivity contribution >= 4 is 47.0 Å². The molecule has 12 heteroatoms. The van der Waals surface area contributed by atoms with E-state index in [1.54, 1.807) is 0 Å². The van der Waals surface area contributed by atoms with Crippen LogP contribution in [0.15, 0.2) is 30.3 Å². The maximum absolute atomic E-state index is 13.3. The number of halogens is 2. The van der Waals surface area contributed by atoms with Gasteiger partial charge >= 0.3 is 11.9 Å². The number of methoxy groups -OCH3 is 2. The Kier molecular flexibility index (Phi) is 5.70. The fourth-order valence-corrected chi connectivity index (χ4v) is 5.27. The third-order valence-electron chi connectivity index (χ3n) is 6.59. The average Bonchev–Trinajstić information content (AvgIpc) is 3.40. The van der Waals surface area contributed by atoms with Crippen LogP contribution in [0.5, 0.6) is 23.0 Å². The fourth-order valence-electron chi connectivity index (χ4n) is 4.80. The van der Waals surface area contributed by atoms with Crippen LogP contribution in [-0.2, 0) is 24.8 Å². The maximum Gasteiger partial charge on any atom is 0.363 e. The topological polar surface area (TPSA) is 118 Å². The maximum atomic E-state index is 13.3. The van der Waals surface area contributed by atoms with Crippen molar-refractivity contribution in [1.82, 2.24) is 5.06 Å². The number of benzene rings is 3. The Morgan fingerprint density at radius 1 is 0.897 bits per heavy atom. The number of fused-ring (bicyclic) bond motifs is 6. The van der Waals surface area contributed by atoms with Crippen molar-refractivity contribution in [3.63, 3.8) is 0 Å². The lowest BCUT2D eigenvalue weighted by Crippen LogP contribution is -2.34. The number of rotatable bonds is 4. The first-order valence-corrected chi connectivity index (χ1v) is 12.2. The molecule has 10 nitrogen and oxygen atoms in total. The lowest BCUT2D eigenvalue weighted by molar-refractivity contribution is -0.172. The highest BCUT2D eigenvalue weighted by Gasteiger charge is 2.55. The van der Waals surface area contributed by atoms with Gasteiger partial charge in [-0.25, -0.2) is 9.59 Å². The first kappa shape index (κ1) is 25.0. The third kappa shape index (κ3) is 3.63. The van der Waals surface area contributed by atoms with Gasteiger partial charge in [0.05, 0.1) is 58.7 Å². The van der Waals surface area contributed by atoms with E-state index in [9.17, 15) is 19.2 Å². The summed E-state index contributed by atoms with van der Waals surface area (Å²) in [7, 11) is 2.83. The molecule has 0 bridgehead atoms. The minimum Gasteiger partial charge on any atom is -0.496 e. The van der Waals surface area contributed by atoms with E-state index < -0.39 is 29.4 Å². The van der Waals surface area contributed by atoms with Crippen molar-refractivity contribution in [1.29, 1.82) is 0 Å². The molecule has 3 aliphatic rings. The third-order valence-corrected chi connectivity index (χ3v) is 7.12. The van der Waals surface area contributed by atoms with Crippen molar-refractivity contribution < 1.29 is 43.0 Å². The van der Waals surface area contributed by atoms with Crippen LogP contribution in [0.1, 0.15) is 50.2 Å². The summed E-state index contributed by atoms with van der Waals surface area (Å²) in [4.78, 5) is 55.3. The fraction of sp³-hybridized carbons (Fsp3) is 0.185. The van der Waals surface area contributed by atoms with Gasteiger partial charge in [0, 0.05) is 18.4 Å². The van der Waals surface area contributed by atoms with Crippen molar-refractivity contribution in [3.05, 3.63) is 80.3 Å². The average molecular weight is 568 g/mol. The van der Waals surface area contributed by atoms with E-state index in [4.69, 9.17) is 47.0 Å². The quantitative estimate of drug-likeness (QED) is 0.334. The van der Waals surface area contributed by atoms with Crippen LogP contribution in [0.25, 0.3) is 0 Å². The van der Waals surface area contributed by atoms with E-state index in [0.717, 1.165) is 0 Å². The second-order valence-corrected chi connectivity index (χ2v) is 9.44. The van der Waals surface area contributed by atoms with E-state index in [-0.39, 0.29) is 73.7 Å². The minimum atomic E-state index is -1.73. The smallest absolute Gasteiger partial charge is 0.363 e. The minimum absolute atomic E-state index is 0.0207. The van der Waals surface area contributed by atoms with Crippen LogP contribution in [0, 0.1) is 12.1 Å². The Bertz CT molecular complexity index is 1560. The molecule has 0 atom stereocenters. The second kappa shape index (κ2) is 8.89. The summed E-state index contributed by atoms with van der Waals surface area (Å²) in [6, 6.07) is 12.8. The van der Waals surface area contributed by atoms with Gasteiger partial charge in [-0.1, -0.05) is 23.2 Å². The van der Waals surface area contributed by atoms with Crippen LogP contribution in [0.2, 0.25) is 10.0 Å². The number of carbonyl (C=O) groups is 4. The number of nitrogens with zero attached hydrogens (tertiary/aromatic N) is 1. The Morgan fingerprint density at radius 3 is 2.00 bits per heavy atom. The summed E-state index contributed by atoms with van der Waals surface area (Å²) in [6.45, 7) is 0. The lowest BCUT2D eigenvalue weighted by Gasteiger charge is -2.37. The molecule has 0 unspecified atom stereocenters. The molecule has 3 aliphatic heterocycles. The number of imide groups is 1. The standard InChI is InChI=1S/C27H15Cl2NO9/c1-35-13-8-17-23(19(28)10-13)37-24-18(9-14(36-2)11-20(24)29)27(17)16-7-12(3-4-15(16)26(34)38-27)25(33)39-30-21(31)5-6-22(30)32/h3-4,7-9H,5-6H2,1-2H3. The molecule has 3 aromatic rings. The molecular formula is C27H15Cl2NO9. The largest absolute Gasteiger partial charge is 0.496 e. The molecular weight excluding hydrogens is 553 g/mol. The van der Waals surface area contributed by atoms with Crippen molar-refractivity contribution in [2.24, 2.45) is 0 Å². The number of hydrogen-bond donors (Lipinski definition) is 0. The van der Waals surface area contributed by atoms with Gasteiger partial charge < -0.3 is 23.8 Å². The zero-order chi connectivity index (χ0) is 27.6. The number of carbonyl (C=O) groups excluding carboxylic acids is 4. The molecule has 3 heterocycles. The van der Waals surface area contributed by atoms with Crippen LogP contribution >= 0.6 is 23.2 Å². The number of hydrogen-bond acceptors (Lipinski definition) is 9. The SMILES string of the molecule is COc1[c]c(Cl)c2c(c1)C1(OC(=O)c3ccc(C(=O)ON4C(=O)CCC4=O)cc31)c1cc(OC)[c]c(Cl)c1O2. The molecule has 0 N–H and O–H groups in total. The van der Waals surface area contributed by atoms with Crippen LogP contribution in [-0.4, -0.2) is 43.0 Å². The molecule has 196 valence electrons. The first-order valence-electron chi connectivity index (χ1n) is 11.4. The van der Waals surface area contributed by atoms with Gasteiger partial charge in [0.2, 0.25) is 0 Å². The Balaban J connectivity index is 1.59. The molecule has 0 aliphatic carbocycles. The number of amides is 2. The van der Waals surface area contributed by atoms with Crippen LogP contribution in [0.4, 0.5) is 0 Å². The van der Waals surface area contributed by atoms with Crippen molar-refractivity contribution in [2.75, 3.05) is 14.2 Å². The van der Waals surface area contributed by atoms with Crippen LogP contribution in [0.3, 0.4) is 0 Å². The van der Waals surface area contributed by atoms with Gasteiger partial charge in [0.15, 0.2) is 17.1 Å². The van der Waals surface area contributed by atoms with E-state index in [1.165, 1.54) is 44.6 Å². The second-order valence-electron chi connectivity index (χ2n) is 8.68. The van der Waals surface area contributed by atoms with E-state index in [0.29, 0.717) is 5.06 Å². The lowest BCUT2D eigenvalue weighted by atomic mass is 9.77. The zero-order valence-electron chi connectivity index (χ0n) is 20.2. The molecule has 0 saturated carbocycles. The Morgan fingerprint density at radius 2 is 1.46 bits per heavy atom. The van der Waals surface area contributed by atoms with Crippen molar-refractivity contribution in [2.45, 2.75) is 18.4 Å². The molecule has 2 radical (unpaired) electrons. The van der Waals surface area contributed by atoms with Gasteiger partial charge in [-0.2, -0.15) is 0 Å². The normalized spacial score (nSPS) is 16.3. The highest BCUT2D eigenvalue weighted by atomic mass is 35.5. The Labute approximate surface area is 230 Å². The van der Waals surface area contributed by atoms with Gasteiger partial charge in [0.1, 0.15) is 11.5 Å². The van der Waals surface area contributed by atoms with Crippen molar-refractivity contribution in [3.8, 4) is 23.0 Å². The molecule has 2 amide bonds. The number of esters is 1. The first-order chi connectivity index (χ1) is 18.7. The highest BCUT2D eigenvalue weighted by molar-refractivity contribution is 6.33. The molecule has 1 fully saturated rings. The van der Waals surface area contributed by atoms with E-state index >= 15 is 0 Å². The van der Waals surface area contributed by atoms with Gasteiger partial charge in [0.25, 0.3) is 11.8 Å². The highest BCUT2D eigenvalue weighted by Crippen LogP contribution is 2.60. The summed E-state index contributed by atoms with van der Waals surface area (Å²) >= 11 is 13.0. The summed E-state index contributed by atoms with van der Waals surface area (Å²) in [5, 5.41) is 0.479. The summed E-state index contributed by atoms with van der Waals surface area (Å²) in [5.41, 5.74) is -0.910. The van der Waals surface area contributed by atoms with Crippen LogP contribution < -0.4 is 14.2 Å². The molecule has 3 aromatic carbocycles. The zero-order valence-corrected chi connectivity index (χ0v) is 21.7. The molecule has 1 spiro atoms. The predicted molar refractivity (Wildman–Crippen MR) is 132 cm³/mol. The summed E-state index contributed by atoms with van der Waals surface area (Å²) in [6.07, 6.45) is -0.122. The predicted octanol–water partition coefficient (Wildman–Crippen LogP) is 4.40. The summed E-state index contributed by atoms with van der Waals surface area (Å²) in [5.74, 6) is -2.34. The van der Waals surface area contributed by atoms with E-state index in [2.05, 4.69) is 12.1 Å². The number of hydroxylamine groups is 2. The monoisotopic (exact) mass is 567 g/mol.